The first-order chi connectivity index (χ1) is 12.2. The van der Waals surface area contributed by atoms with E-state index in [4.69, 9.17) is 0 Å². The van der Waals surface area contributed by atoms with Gasteiger partial charge in [0.15, 0.2) is 0 Å². The van der Waals surface area contributed by atoms with Gasteiger partial charge in [0, 0.05) is 50.4 Å². The standard InChI is InChI=1S/C21H31N3O/c1-18(22-21(25)19-8-4-2-5-9-19)12-13-23-14-16-24(17-15-23)20-10-6-3-7-11-20/h2-4,6-7,10-11,18-19H,5,8-9,12-17H2,1H3,(H,22,25)/t18-,19+/m0/s1. The minimum Gasteiger partial charge on any atom is -0.369 e. The summed E-state index contributed by atoms with van der Waals surface area (Å²) in [7, 11) is 0. The number of allylic oxidation sites excluding steroid dienone is 2. The molecule has 1 aromatic rings. The maximum absolute atomic E-state index is 12.3. The second-order valence-corrected chi connectivity index (χ2v) is 7.34. The lowest BCUT2D eigenvalue weighted by molar-refractivity contribution is -0.125. The Morgan fingerprint density at radius 3 is 2.60 bits per heavy atom. The molecule has 25 heavy (non-hydrogen) atoms. The molecular weight excluding hydrogens is 310 g/mol. The Balaban J connectivity index is 1.35. The molecule has 1 aromatic carbocycles. The van der Waals surface area contributed by atoms with E-state index in [-0.39, 0.29) is 17.9 Å². The average Bonchev–Trinajstić information content (AvgIpc) is 2.68. The van der Waals surface area contributed by atoms with Crippen molar-refractivity contribution in [3.05, 3.63) is 42.5 Å². The van der Waals surface area contributed by atoms with Crippen LogP contribution in [0.4, 0.5) is 5.69 Å². The van der Waals surface area contributed by atoms with E-state index in [1.807, 2.05) is 0 Å². The van der Waals surface area contributed by atoms with Crippen LogP contribution in [-0.4, -0.2) is 49.6 Å². The molecule has 1 N–H and O–H groups in total. The third kappa shape index (κ3) is 5.33. The van der Waals surface area contributed by atoms with Crippen LogP contribution >= 0.6 is 0 Å². The van der Waals surface area contributed by atoms with Gasteiger partial charge < -0.3 is 10.2 Å². The van der Waals surface area contributed by atoms with Gasteiger partial charge >= 0.3 is 0 Å². The van der Waals surface area contributed by atoms with Crippen LogP contribution in [0.3, 0.4) is 0 Å². The molecule has 0 unspecified atom stereocenters. The van der Waals surface area contributed by atoms with E-state index in [0.29, 0.717) is 0 Å². The number of nitrogens with one attached hydrogen (secondary N) is 1. The highest BCUT2D eigenvalue weighted by atomic mass is 16.1. The molecule has 136 valence electrons. The summed E-state index contributed by atoms with van der Waals surface area (Å²) in [5.41, 5.74) is 1.32. The number of carbonyl (C=O) groups is 1. The molecule has 1 fully saturated rings. The van der Waals surface area contributed by atoms with Crippen molar-refractivity contribution in [2.75, 3.05) is 37.6 Å². The fraction of sp³-hybridized carbons (Fsp3) is 0.571. The highest BCUT2D eigenvalue weighted by molar-refractivity contribution is 5.79. The van der Waals surface area contributed by atoms with Crippen LogP contribution in [0.1, 0.15) is 32.6 Å². The van der Waals surface area contributed by atoms with E-state index >= 15 is 0 Å². The van der Waals surface area contributed by atoms with Gasteiger partial charge in [-0.15, -0.1) is 0 Å². The van der Waals surface area contributed by atoms with Crippen molar-refractivity contribution in [2.24, 2.45) is 5.92 Å². The summed E-state index contributed by atoms with van der Waals surface area (Å²) < 4.78 is 0. The van der Waals surface area contributed by atoms with Gasteiger partial charge in [-0.1, -0.05) is 30.4 Å². The smallest absolute Gasteiger partial charge is 0.223 e. The SMILES string of the molecule is C[C@@H](CCN1CCN(c2ccccc2)CC1)NC(=O)[C@@H]1CC=CCC1. The molecule has 1 amide bonds. The monoisotopic (exact) mass is 341 g/mol. The third-order valence-corrected chi connectivity index (χ3v) is 5.40. The molecule has 2 atom stereocenters. The molecule has 4 nitrogen and oxygen atoms in total. The minimum atomic E-state index is 0.182. The fourth-order valence-corrected chi connectivity index (χ4v) is 3.71. The van der Waals surface area contributed by atoms with Gasteiger partial charge in [0.05, 0.1) is 0 Å². The Labute approximate surface area is 151 Å². The van der Waals surface area contributed by atoms with Gasteiger partial charge in [0.1, 0.15) is 0 Å². The first kappa shape index (κ1) is 18.0. The number of carbonyl (C=O) groups excluding carboxylic acids is 1. The molecule has 2 aliphatic rings. The van der Waals surface area contributed by atoms with Crippen molar-refractivity contribution in [2.45, 2.75) is 38.6 Å². The van der Waals surface area contributed by atoms with Gasteiger partial charge in [-0.2, -0.15) is 0 Å². The predicted octanol–water partition coefficient (Wildman–Crippen LogP) is 3.06. The van der Waals surface area contributed by atoms with Gasteiger partial charge in [0.25, 0.3) is 0 Å². The average molecular weight is 341 g/mol. The molecular formula is C21H31N3O. The second kappa shape index (κ2) is 9.04. The Hall–Kier alpha value is -1.81. The molecule has 0 saturated carbocycles. The number of amides is 1. The van der Waals surface area contributed by atoms with E-state index in [0.717, 1.165) is 58.4 Å². The topological polar surface area (TPSA) is 35.6 Å². The molecule has 0 spiro atoms. The quantitative estimate of drug-likeness (QED) is 0.808. The number of benzene rings is 1. The molecule has 1 heterocycles. The summed E-state index contributed by atoms with van der Waals surface area (Å²) in [5.74, 6) is 0.424. The fourth-order valence-electron chi connectivity index (χ4n) is 3.71. The minimum absolute atomic E-state index is 0.182. The Bertz CT molecular complexity index is 564. The number of piperazine rings is 1. The van der Waals surface area contributed by atoms with Crippen LogP contribution in [0.15, 0.2) is 42.5 Å². The summed E-state index contributed by atoms with van der Waals surface area (Å²) in [5, 5.41) is 3.21. The number of hydrogen-bond acceptors (Lipinski definition) is 3. The highest BCUT2D eigenvalue weighted by Crippen LogP contribution is 2.19. The van der Waals surface area contributed by atoms with E-state index in [9.17, 15) is 4.79 Å². The molecule has 1 saturated heterocycles. The van der Waals surface area contributed by atoms with Crippen LogP contribution in [-0.2, 0) is 4.79 Å². The first-order valence-electron chi connectivity index (χ1n) is 9.70. The summed E-state index contributed by atoms with van der Waals surface area (Å²) in [6.45, 7) is 7.57. The third-order valence-electron chi connectivity index (χ3n) is 5.40. The zero-order valence-corrected chi connectivity index (χ0v) is 15.4. The largest absolute Gasteiger partial charge is 0.369 e. The zero-order chi connectivity index (χ0) is 17.5. The maximum Gasteiger partial charge on any atom is 0.223 e. The van der Waals surface area contributed by atoms with Crippen LogP contribution in [0.2, 0.25) is 0 Å². The lowest BCUT2D eigenvalue weighted by Crippen LogP contribution is -2.48. The van der Waals surface area contributed by atoms with Crippen molar-refractivity contribution in [3.8, 4) is 0 Å². The Kier molecular flexibility index (Phi) is 6.51. The molecule has 1 aliphatic heterocycles. The molecule has 1 aliphatic carbocycles. The van der Waals surface area contributed by atoms with Gasteiger partial charge in [0.2, 0.25) is 5.91 Å². The number of rotatable bonds is 6. The van der Waals surface area contributed by atoms with E-state index in [2.05, 4.69) is 64.5 Å². The van der Waals surface area contributed by atoms with Crippen LogP contribution in [0.25, 0.3) is 0 Å². The summed E-state index contributed by atoms with van der Waals surface area (Å²) in [6, 6.07) is 10.9. The molecule has 0 bridgehead atoms. The Morgan fingerprint density at radius 2 is 1.92 bits per heavy atom. The molecule has 0 radical (unpaired) electrons. The molecule has 3 rings (SSSR count). The van der Waals surface area contributed by atoms with Crippen LogP contribution < -0.4 is 10.2 Å². The molecule has 4 heteroatoms. The van der Waals surface area contributed by atoms with Gasteiger partial charge in [-0.05, 0) is 44.7 Å². The number of para-hydroxylation sites is 1. The number of anilines is 1. The second-order valence-electron chi connectivity index (χ2n) is 7.34. The van der Waals surface area contributed by atoms with Crippen LogP contribution in [0, 0.1) is 5.92 Å². The highest BCUT2D eigenvalue weighted by Gasteiger charge is 2.21. The van der Waals surface area contributed by atoms with E-state index in [1.54, 1.807) is 0 Å². The molecule has 0 aromatic heterocycles. The van der Waals surface area contributed by atoms with Crippen molar-refractivity contribution < 1.29 is 4.79 Å². The van der Waals surface area contributed by atoms with Gasteiger partial charge in [-0.3, -0.25) is 9.69 Å². The van der Waals surface area contributed by atoms with Crippen molar-refractivity contribution in [3.63, 3.8) is 0 Å². The zero-order valence-electron chi connectivity index (χ0n) is 15.4. The van der Waals surface area contributed by atoms with Crippen molar-refractivity contribution >= 4 is 11.6 Å². The lowest BCUT2D eigenvalue weighted by atomic mass is 9.93. The van der Waals surface area contributed by atoms with Crippen molar-refractivity contribution in [1.29, 1.82) is 0 Å². The van der Waals surface area contributed by atoms with Gasteiger partial charge in [-0.25, -0.2) is 0 Å². The lowest BCUT2D eigenvalue weighted by Gasteiger charge is -2.36. The maximum atomic E-state index is 12.3. The van der Waals surface area contributed by atoms with Crippen molar-refractivity contribution in [1.82, 2.24) is 10.2 Å². The first-order valence-corrected chi connectivity index (χ1v) is 9.70. The Morgan fingerprint density at radius 1 is 1.16 bits per heavy atom. The number of nitrogens with zero attached hydrogens (tertiary/aromatic N) is 2. The van der Waals surface area contributed by atoms with Crippen LogP contribution in [0.5, 0.6) is 0 Å². The summed E-state index contributed by atoms with van der Waals surface area (Å²) in [6.07, 6.45) is 8.29. The number of hydrogen-bond donors (Lipinski definition) is 1. The normalized spacial score (nSPS) is 22.6. The summed E-state index contributed by atoms with van der Waals surface area (Å²) in [4.78, 5) is 17.3. The van der Waals surface area contributed by atoms with E-state index in [1.165, 1.54) is 5.69 Å². The summed E-state index contributed by atoms with van der Waals surface area (Å²) >= 11 is 0. The predicted molar refractivity (Wildman–Crippen MR) is 104 cm³/mol. The van der Waals surface area contributed by atoms with E-state index < -0.39 is 0 Å².